The van der Waals surface area contributed by atoms with Gasteiger partial charge in [-0.05, 0) is 37.0 Å². The standard InChI is InChI=1S/C18H23N3O3/c19-9-10-20-18(24)16(13-5-2-1-3-6-13)12-21-17(23)14-7-4-8-15(22)11-14/h4,7-8,11,13,16,22H,1-3,5-6,10,12H2,(H,20,24)(H,21,23). The maximum absolute atomic E-state index is 12.4. The van der Waals surface area contributed by atoms with Crippen molar-refractivity contribution in [3.63, 3.8) is 0 Å². The van der Waals surface area contributed by atoms with E-state index in [2.05, 4.69) is 10.6 Å². The molecule has 24 heavy (non-hydrogen) atoms. The van der Waals surface area contributed by atoms with Crippen LogP contribution in [0.15, 0.2) is 24.3 Å². The van der Waals surface area contributed by atoms with Crippen molar-refractivity contribution >= 4 is 11.8 Å². The topological polar surface area (TPSA) is 102 Å². The van der Waals surface area contributed by atoms with Gasteiger partial charge in [-0.1, -0.05) is 25.3 Å². The molecule has 1 atom stereocenters. The Labute approximate surface area is 141 Å². The van der Waals surface area contributed by atoms with E-state index in [1.165, 1.54) is 18.6 Å². The van der Waals surface area contributed by atoms with Crippen molar-refractivity contribution in [1.82, 2.24) is 10.6 Å². The van der Waals surface area contributed by atoms with Gasteiger partial charge in [-0.2, -0.15) is 5.26 Å². The molecule has 1 fully saturated rings. The summed E-state index contributed by atoms with van der Waals surface area (Å²) in [7, 11) is 0. The molecule has 1 aromatic carbocycles. The van der Waals surface area contributed by atoms with E-state index in [-0.39, 0.29) is 42.5 Å². The molecule has 0 aliphatic heterocycles. The van der Waals surface area contributed by atoms with Crippen molar-refractivity contribution in [1.29, 1.82) is 5.26 Å². The summed E-state index contributed by atoms with van der Waals surface area (Å²) in [6.07, 6.45) is 5.29. The fourth-order valence-electron chi connectivity index (χ4n) is 3.22. The van der Waals surface area contributed by atoms with E-state index in [0.29, 0.717) is 5.56 Å². The number of hydrogen-bond donors (Lipinski definition) is 3. The highest BCUT2D eigenvalue weighted by atomic mass is 16.3. The Bertz CT molecular complexity index is 618. The van der Waals surface area contributed by atoms with Crippen molar-refractivity contribution in [2.24, 2.45) is 11.8 Å². The summed E-state index contributed by atoms with van der Waals surface area (Å²) in [4.78, 5) is 24.6. The van der Waals surface area contributed by atoms with Crippen LogP contribution in [0.25, 0.3) is 0 Å². The fourth-order valence-corrected chi connectivity index (χ4v) is 3.22. The van der Waals surface area contributed by atoms with Gasteiger partial charge in [-0.25, -0.2) is 0 Å². The Morgan fingerprint density at radius 2 is 2.00 bits per heavy atom. The molecule has 3 N–H and O–H groups in total. The first-order valence-electron chi connectivity index (χ1n) is 8.33. The van der Waals surface area contributed by atoms with E-state index in [9.17, 15) is 14.7 Å². The second-order valence-electron chi connectivity index (χ2n) is 6.14. The second-order valence-corrected chi connectivity index (χ2v) is 6.14. The zero-order valence-electron chi connectivity index (χ0n) is 13.6. The Balaban J connectivity index is 2.00. The summed E-state index contributed by atoms with van der Waals surface area (Å²) in [6, 6.07) is 8.00. The number of nitrogens with one attached hydrogen (secondary N) is 2. The molecule has 1 aliphatic carbocycles. The molecule has 0 bridgehead atoms. The summed E-state index contributed by atoms with van der Waals surface area (Å²) < 4.78 is 0. The van der Waals surface area contributed by atoms with Crippen LogP contribution in [0.3, 0.4) is 0 Å². The van der Waals surface area contributed by atoms with Gasteiger partial charge in [0.25, 0.3) is 5.91 Å². The molecule has 128 valence electrons. The van der Waals surface area contributed by atoms with Gasteiger partial charge in [-0.15, -0.1) is 0 Å². The SMILES string of the molecule is N#CCNC(=O)C(CNC(=O)c1cccc(O)c1)C1CCCCC1. The minimum absolute atomic E-state index is 0.0252. The number of carbonyl (C=O) groups is 2. The molecule has 1 aliphatic rings. The van der Waals surface area contributed by atoms with Crippen LogP contribution in [0.1, 0.15) is 42.5 Å². The van der Waals surface area contributed by atoms with Gasteiger partial charge in [0.2, 0.25) is 5.91 Å². The highest BCUT2D eigenvalue weighted by molar-refractivity contribution is 5.94. The maximum Gasteiger partial charge on any atom is 0.251 e. The minimum atomic E-state index is -0.333. The van der Waals surface area contributed by atoms with Crippen LogP contribution < -0.4 is 10.6 Å². The van der Waals surface area contributed by atoms with Gasteiger partial charge < -0.3 is 15.7 Å². The number of benzene rings is 1. The number of aromatic hydroxyl groups is 1. The number of nitriles is 1. The van der Waals surface area contributed by atoms with Gasteiger partial charge in [0.05, 0.1) is 12.0 Å². The summed E-state index contributed by atoms with van der Waals surface area (Å²) in [5, 5.41) is 23.5. The van der Waals surface area contributed by atoms with E-state index >= 15 is 0 Å². The quantitative estimate of drug-likeness (QED) is 0.694. The first-order chi connectivity index (χ1) is 11.6. The van der Waals surface area contributed by atoms with Crippen molar-refractivity contribution in [2.45, 2.75) is 32.1 Å². The highest BCUT2D eigenvalue weighted by Crippen LogP contribution is 2.30. The Morgan fingerprint density at radius 1 is 1.25 bits per heavy atom. The Kier molecular flexibility index (Phi) is 6.62. The number of phenols is 1. The zero-order chi connectivity index (χ0) is 17.4. The molecule has 0 radical (unpaired) electrons. The number of amides is 2. The number of phenolic OH excluding ortho intramolecular Hbond substituents is 1. The number of hydrogen-bond acceptors (Lipinski definition) is 4. The molecular weight excluding hydrogens is 306 g/mol. The largest absolute Gasteiger partial charge is 0.508 e. The van der Waals surface area contributed by atoms with Gasteiger partial charge in [0.1, 0.15) is 12.3 Å². The van der Waals surface area contributed by atoms with Crippen molar-refractivity contribution in [2.75, 3.05) is 13.1 Å². The maximum atomic E-state index is 12.4. The lowest BCUT2D eigenvalue weighted by atomic mass is 9.79. The smallest absolute Gasteiger partial charge is 0.251 e. The summed E-state index contributed by atoms with van der Waals surface area (Å²) in [6.45, 7) is 0.207. The fraction of sp³-hybridized carbons (Fsp3) is 0.500. The van der Waals surface area contributed by atoms with E-state index in [1.54, 1.807) is 12.1 Å². The lowest BCUT2D eigenvalue weighted by Gasteiger charge is -2.29. The third kappa shape index (κ3) is 4.98. The monoisotopic (exact) mass is 329 g/mol. The molecule has 0 saturated heterocycles. The highest BCUT2D eigenvalue weighted by Gasteiger charge is 2.29. The van der Waals surface area contributed by atoms with Gasteiger partial charge in [0.15, 0.2) is 0 Å². The number of rotatable bonds is 6. The van der Waals surface area contributed by atoms with Gasteiger partial charge in [-0.3, -0.25) is 9.59 Å². The molecule has 0 spiro atoms. The molecular formula is C18H23N3O3. The van der Waals surface area contributed by atoms with Crippen molar-refractivity contribution in [3.8, 4) is 11.8 Å². The first-order valence-corrected chi connectivity index (χ1v) is 8.33. The summed E-state index contributed by atoms with van der Waals surface area (Å²) in [5.41, 5.74) is 0.356. The molecule has 6 heteroatoms. The van der Waals surface area contributed by atoms with Crippen LogP contribution >= 0.6 is 0 Å². The Hall–Kier alpha value is -2.55. The third-order valence-electron chi connectivity index (χ3n) is 4.49. The van der Waals surface area contributed by atoms with Crippen LogP contribution in [0, 0.1) is 23.2 Å². The van der Waals surface area contributed by atoms with Gasteiger partial charge in [0, 0.05) is 12.1 Å². The average Bonchev–Trinajstić information content (AvgIpc) is 2.60. The van der Waals surface area contributed by atoms with E-state index in [1.807, 2.05) is 6.07 Å². The summed E-state index contributed by atoms with van der Waals surface area (Å²) in [5.74, 6) is -0.584. The third-order valence-corrected chi connectivity index (χ3v) is 4.49. The second kappa shape index (κ2) is 8.92. The first kappa shape index (κ1) is 17.8. The van der Waals surface area contributed by atoms with Crippen LogP contribution in [-0.4, -0.2) is 30.0 Å². The van der Waals surface area contributed by atoms with E-state index < -0.39 is 0 Å². The Morgan fingerprint density at radius 3 is 2.67 bits per heavy atom. The van der Waals surface area contributed by atoms with E-state index in [4.69, 9.17) is 5.26 Å². The zero-order valence-corrected chi connectivity index (χ0v) is 13.6. The number of carbonyl (C=O) groups excluding carboxylic acids is 2. The predicted molar refractivity (Wildman–Crippen MR) is 89.1 cm³/mol. The lowest BCUT2D eigenvalue weighted by molar-refractivity contribution is -0.126. The molecule has 0 heterocycles. The van der Waals surface area contributed by atoms with Gasteiger partial charge >= 0.3 is 0 Å². The predicted octanol–water partition coefficient (Wildman–Crippen LogP) is 1.96. The van der Waals surface area contributed by atoms with Crippen LogP contribution in [0.4, 0.5) is 0 Å². The van der Waals surface area contributed by atoms with Crippen LogP contribution in [-0.2, 0) is 4.79 Å². The average molecular weight is 329 g/mol. The molecule has 2 rings (SSSR count). The van der Waals surface area contributed by atoms with Crippen LogP contribution in [0.5, 0.6) is 5.75 Å². The van der Waals surface area contributed by atoms with E-state index in [0.717, 1.165) is 25.7 Å². The van der Waals surface area contributed by atoms with Crippen molar-refractivity contribution in [3.05, 3.63) is 29.8 Å². The van der Waals surface area contributed by atoms with Crippen molar-refractivity contribution < 1.29 is 14.7 Å². The molecule has 2 amide bonds. The molecule has 6 nitrogen and oxygen atoms in total. The van der Waals surface area contributed by atoms with Crippen LogP contribution in [0.2, 0.25) is 0 Å². The molecule has 1 unspecified atom stereocenters. The molecule has 1 saturated carbocycles. The molecule has 1 aromatic rings. The summed E-state index contributed by atoms with van der Waals surface area (Å²) >= 11 is 0. The molecule has 0 aromatic heterocycles. The number of nitrogens with zero attached hydrogens (tertiary/aromatic N) is 1. The minimum Gasteiger partial charge on any atom is -0.508 e. The lowest BCUT2D eigenvalue weighted by Crippen LogP contribution is -2.43. The normalized spacial score (nSPS) is 16.0.